The van der Waals surface area contributed by atoms with Crippen molar-refractivity contribution in [1.29, 1.82) is 0 Å². The van der Waals surface area contributed by atoms with Crippen LogP contribution in [0.15, 0.2) is 24.3 Å². The van der Waals surface area contributed by atoms with E-state index < -0.39 is 0 Å². The Labute approximate surface area is 158 Å². The molecule has 1 aromatic heterocycles. The summed E-state index contributed by atoms with van der Waals surface area (Å²) in [6, 6.07) is 7.40. The summed E-state index contributed by atoms with van der Waals surface area (Å²) in [7, 11) is 3.08. The molecule has 1 aliphatic heterocycles. The van der Waals surface area contributed by atoms with Crippen molar-refractivity contribution in [3.05, 3.63) is 40.7 Å². The fraction of sp³-hybridized carbons (Fsp3) is 0.421. The van der Waals surface area contributed by atoms with Gasteiger partial charge in [0, 0.05) is 30.5 Å². The number of halogens is 1. The summed E-state index contributed by atoms with van der Waals surface area (Å²) in [5, 5.41) is 3.35. The molecule has 1 atom stereocenters. The molecule has 2 heterocycles. The molecule has 140 valence electrons. The number of aryl methyl sites for hydroxylation is 1. The van der Waals surface area contributed by atoms with Crippen LogP contribution in [0.2, 0.25) is 5.02 Å². The molecule has 7 heteroatoms. The number of fused-ring (bicyclic) bond motifs is 1. The van der Waals surface area contributed by atoms with Gasteiger partial charge < -0.3 is 24.3 Å². The molecule has 6 nitrogen and oxygen atoms in total. The Morgan fingerprint density at radius 1 is 1.23 bits per heavy atom. The second-order valence-corrected chi connectivity index (χ2v) is 6.69. The van der Waals surface area contributed by atoms with Crippen LogP contribution in [0.1, 0.15) is 30.8 Å². The number of anilines is 1. The first kappa shape index (κ1) is 18.5. The van der Waals surface area contributed by atoms with Gasteiger partial charge >= 0.3 is 6.03 Å². The van der Waals surface area contributed by atoms with Crippen molar-refractivity contribution < 1.29 is 14.3 Å². The van der Waals surface area contributed by atoms with Crippen LogP contribution in [-0.2, 0) is 6.54 Å². The number of methoxy groups -OCH3 is 2. The van der Waals surface area contributed by atoms with E-state index in [4.69, 9.17) is 21.1 Å². The molecule has 0 saturated heterocycles. The van der Waals surface area contributed by atoms with Crippen LogP contribution in [0.25, 0.3) is 0 Å². The highest BCUT2D eigenvalue weighted by atomic mass is 35.5. The summed E-state index contributed by atoms with van der Waals surface area (Å²) in [5.41, 5.74) is 2.92. The maximum absolute atomic E-state index is 13.0. The second kappa shape index (κ2) is 7.50. The molecule has 0 spiro atoms. The molecule has 1 aromatic carbocycles. The Balaban J connectivity index is 1.85. The van der Waals surface area contributed by atoms with E-state index in [2.05, 4.69) is 35.9 Å². The van der Waals surface area contributed by atoms with E-state index in [-0.39, 0.29) is 12.1 Å². The number of ether oxygens (including phenoxy) is 2. The number of carbonyl (C=O) groups is 1. The predicted octanol–water partition coefficient (Wildman–Crippen LogP) is 4.47. The van der Waals surface area contributed by atoms with Gasteiger partial charge in [-0.2, -0.15) is 0 Å². The average Bonchev–Trinajstić information content (AvgIpc) is 3.02. The number of nitrogens with zero attached hydrogens (tertiary/aromatic N) is 2. The fourth-order valence-electron chi connectivity index (χ4n) is 3.53. The smallest absolute Gasteiger partial charge is 0.322 e. The van der Waals surface area contributed by atoms with Gasteiger partial charge in [-0.1, -0.05) is 18.5 Å². The zero-order valence-electron chi connectivity index (χ0n) is 15.5. The second-order valence-electron chi connectivity index (χ2n) is 6.29. The molecule has 2 amide bonds. The van der Waals surface area contributed by atoms with Crippen molar-refractivity contribution in [2.24, 2.45) is 0 Å². The third kappa shape index (κ3) is 3.21. The van der Waals surface area contributed by atoms with Gasteiger partial charge in [0.15, 0.2) is 0 Å². The summed E-state index contributed by atoms with van der Waals surface area (Å²) in [6.45, 7) is 5.63. The zero-order valence-corrected chi connectivity index (χ0v) is 16.3. The maximum Gasteiger partial charge on any atom is 0.322 e. The van der Waals surface area contributed by atoms with Crippen LogP contribution >= 0.6 is 11.6 Å². The van der Waals surface area contributed by atoms with Crippen LogP contribution in [-0.4, -0.2) is 36.3 Å². The highest BCUT2D eigenvalue weighted by molar-refractivity contribution is 6.32. The van der Waals surface area contributed by atoms with Crippen molar-refractivity contribution in [3.8, 4) is 11.5 Å². The van der Waals surface area contributed by atoms with Crippen LogP contribution in [0.3, 0.4) is 0 Å². The lowest BCUT2D eigenvalue weighted by Gasteiger charge is -2.37. The van der Waals surface area contributed by atoms with E-state index in [9.17, 15) is 4.79 Å². The van der Waals surface area contributed by atoms with Crippen LogP contribution < -0.4 is 14.8 Å². The van der Waals surface area contributed by atoms with Gasteiger partial charge in [0.25, 0.3) is 0 Å². The lowest BCUT2D eigenvalue weighted by Crippen LogP contribution is -2.44. The lowest BCUT2D eigenvalue weighted by atomic mass is 10.1. The predicted molar refractivity (Wildman–Crippen MR) is 102 cm³/mol. The summed E-state index contributed by atoms with van der Waals surface area (Å²) in [6.07, 6.45) is 0.845. The number of rotatable bonds is 4. The van der Waals surface area contributed by atoms with E-state index in [0.717, 1.165) is 13.0 Å². The minimum absolute atomic E-state index is 0.0390. The summed E-state index contributed by atoms with van der Waals surface area (Å²) >= 11 is 6.20. The number of urea groups is 1. The molecule has 1 aliphatic rings. The van der Waals surface area contributed by atoms with E-state index in [0.29, 0.717) is 28.8 Å². The molecule has 0 fully saturated rings. The van der Waals surface area contributed by atoms with Crippen molar-refractivity contribution in [2.45, 2.75) is 32.9 Å². The van der Waals surface area contributed by atoms with Crippen LogP contribution in [0.5, 0.6) is 11.5 Å². The first-order chi connectivity index (χ1) is 12.5. The number of aromatic nitrogens is 1. The third-order valence-electron chi connectivity index (χ3n) is 4.88. The fourth-order valence-corrected chi connectivity index (χ4v) is 3.77. The minimum Gasteiger partial charge on any atom is -0.495 e. The van der Waals surface area contributed by atoms with Gasteiger partial charge in [-0.05, 0) is 31.5 Å². The van der Waals surface area contributed by atoms with Gasteiger partial charge in [0.05, 0.1) is 31.0 Å². The van der Waals surface area contributed by atoms with Crippen molar-refractivity contribution in [3.63, 3.8) is 0 Å². The number of hydrogen-bond donors (Lipinski definition) is 1. The van der Waals surface area contributed by atoms with Crippen LogP contribution in [0, 0.1) is 6.92 Å². The molecule has 0 bridgehead atoms. The molecule has 0 unspecified atom stereocenters. The molecule has 3 rings (SSSR count). The Morgan fingerprint density at radius 2 is 1.96 bits per heavy atom. The Morgan fingerprint density at radius 3 is 2.62 bits per heavy atom. The van der Waals surface area contributed by atoms with E-state index in [1.165, 1.54) is 18.5 Å². The number of benzene rings is 1. The molecule has 0 aliphatic carbocycles. The first-order valence-electron chi connectivity index (χ1n) is 8.65. The Hall–Kier alpha value is -2.34. The summed E-state index contributed by atoms with van der Waals surface area (Å²) in [4.78, 5) is 14.8. The summed E-state index contributed by atoms with van der Waals surface area (Å²) in [5.74, 6) is 1.00. The first-order valence-corrected chi connectivity index (χ1v) is 9.03. The molecular weight excluding hydrogens is 354 g/mol. The zero-order chi connectivity index (χ0) is 18.8. The van der Waals surface area contributed by atoms with E-state index in [1.807, 2.05) is 4.90 Å². The lowest BCUT2D eigenvalue weighted by molar-refractivity contribution is 0.165. The minimum atomic E-state index is -0.165. The Bertz CT molecular complexity index is 819. The normalized spacial score (nSPS) is 16.2. The topological polar surface area (TPSA) is 55.7 Å². The number of amides is 2. The molecule has 2 aromatic rings. The van der Waals surface area contributed by atoms with E-state index >= 15 is 0 Å². The standard InChI is InChI=1S/C19H24ClN3O3/c1-5-15-16-7-6-12(2)22(16)8-9-23(15)19(24)21-14-10-13(20)17(25-3)11-18(14)26-4/h6-7,10-11,15H,5,8-9H2,1-4H3,(H,21,24)/t15-/m0/s1. The highest BCUT2D eigenvalue weighted by Crippen LogP contribution is 2.37. The average molecular weight is 378 g/mol. The van der Waals surface area contributed by atoms with E-state index in [1.54, 1.807) is 19.2 Å². The monoisotopic (exact) mass is 377 g/mol. The molecule has 1 N–H and O–H groups in total. The largest absolute Gasteiger partial charge is 0.495 e. The maximum atomic E-state index is 13.0. The van der Waals surface area contributed by atoms with Gasteiger partial charge in [-0.25, -0.2) is 4.79 Å². The van der Waals surface area contributed by atoms with Gasteiger partial charge in [-0.3, -0.25) is 0 Å². The Kier molecular flexibility index (Phi) is 5.32. The molecule has 0 saturated carbocycles. The van der Waals surface area contributed by atoms with Gasteiger partial charge in [0.1, 0.15) is 11.5 Å². The van der Waals surface area contributed by atoms with Crippen molar-refractivity contribution in [1.82, 2.24) is 9.47 Å². The van der Waals surface area contributed by atoms with Crippen molar-refractivity contribution in [2.75, 3.05) is 26.1 Å². The van der Waals surface area contributed by atoms with Crippen molar-refractivity contribution >= 4 is 23.3 Å². The summed E-state index contributed by atoms with van der Waals surface area (Å²) < 4.78 is 12.9. The highest BCUT2D eigenvalue weighted by Gasteiger charge is 2.31. The number of carbonyl (C=O) groups excluding carboxylic acids is 1. The number of nitrogens with one attached hydrogen (secondary N) is 1. The SMILES string of the molecule is CC[C@H]1c2ccc(C)n2CCN1C(=O)Nc1cc(Cl)c(OC)cc1OC. The van der Waals surface area contributed by atoms with Gasteiger partial charge in [-0.15, -0.1) is 0 Å². The molecule has 0 radical (unpaired) electrons. The van der Waals surface area contributed by atoms with Crippen LogP contribution in [0.4, 0.5) is 10.5 Å². The molecule has 26 heavy (non-hydrogen) atoms. The van der Waals surface area contributed by atoms with Gasteiger partial charge in [0.2, 0.25) is 0 Å². The number of hydrogen-bond acceptors (Lipinski definition) is 3. The quantitative estimate of drug-likeness (QED) is 0.855. The molecular formula is C19H24ClN3O3. The third-order valence-corrected chi connectivity index (χ3v) is 5.17.